The molecule has 0 spiro atoms. The van der Waals surface area contributed by atoms with Crippen LogP contribution in [0.2, 0.25) is 0 Å². The highest BCUT2D eigenvalue weighted by atomic mass is 15.2. The Hall–Kier alpha value is -4.04. The molecule has 2 aliphatic rings. The van der Waals surface area contributed by atoms with Crippen molar-refractivity contribution in [1.82, 2.24) is 0 Å². The van der Waals surface area contributed by atoms with Crippen LogP contribution in [0.5, 0.6) is 0 Å². The summed E-state index contributed by atoms with van der Waals surface area (Å²) < 4.78 is 5.08. The van der Waals surface area contributed by atoms with Gasteiger partial charge in [0.2, 0.25) is 11.4 Å². The zero-order valence-electron chi connectivity index (χ0n) is 21.8. The molecule has 3 heterocycles. The highest BCUT2D eigenvalue weighted by Gasteiger charge is 2.74. The lowest BCUT2D eigenvalue weighted by atomic mass is 9.50. The Labute approximate surface area is 219 Å². The van der Waals surface area contributed by atoms with Gasteiger partial charge in [0.25, 0.3) is 11.2 Å². The number of aromatic nitrogens is 2. The second-order valence-corrected chi connectivity index (χ2v) is 10.5. The van der Waals surface area contributed by atoms with Crippen molar-refractivity contribution in [2.45, 2.75) is 44.6 Å². The standard InChI is InChI=1S/C35H32N2/c1-4-34-24-32(36-22-13-12-20-31(36)27-16-8-6-14-25(27)3)35(34,5-2)37-23-21-26-15-7-9-17-28(26)33(37)29-18-10-11-19-30(29)34/h6-24H,4-5H2,1-3H3/q+2. The Kier molecular flexibility index (Phi) is 4.78. The fraction of sp³-hybridized carbons (Fsp3) is 0.200. The van der Waals surface area contributed by atoms with E-state index < -0.39 is 0 Å². The zero-order valence-corrected chi connectivity index (χ0v) is 21.8. The van der Waals surface area contributed by atoms with Gasteiger partial charge in [-0.25, -0.2) is 0 Å². The van der Waals surface area contributed by atoms with Crippen LogP contribution in [0.4, 0.5) is 0 Å². The van der Waals surface area contributed by atoms with Crippen molar-refractivity contribution in [3.05, 3.63) is 127 Å². The maximum Gasteiger partial charge on any atom is 0.264 e. The van der Waals surface area contributed by atoms with Gasteiger partial charge in [-0.15, -0.1) is 0 Å². The molecule has 37 heavy (non-hydrogen) atoms. The summed E-state index contributed by atoms with van der Waals surface area (Å²) in [5, 5.41) is 2.61. The molecule has 0 fully saturated rings. The van der Waals surface area contributed by atoms with Gasteiger partial charge in [-0.05, 0) is 54.1 Å². The summed E-state index contributed by atoms with van der Waals surface area (Å²) in [7, 11) is 0. The first-order valence-corrected chi connectivity index (χ1v) is 13.5. The van der Waals surface area contributed by atoms with E-state index in [2.05, 4.69) is 145 Å². The maximum atomic E-state index is 2.62. The monoisotopic (exact) mass is 480 g/mol. The van der Waals surface area contributed by atoms with Gasteiger partial charge in [-0.1, -0.05) is 68.4 Å². The molecule has 2 atom stereocenters. The molecule has 0 N–H and O–H groups in total. The molecule has 0 bridgehead atoms. The Morgan fingerprint density at radius 1 is 0.676 bits per heavy atom. The van der Waals surface area contributed by atoms with Crippen LogP contribution in [0.3, 0.4) is 0 Å². The number of allylic oxidation sites excluding steroid dienone is 2. The van der Waals surface area contributed by atoms with Crippen LogP contribution in [-0.4, -0.2) is 0 Å². The molecule has 0 saturated heterocycles. The minimum atomic E-state index is -0.196. The van der Waals surface area contributed by atoms with E-state index in [0.29, 0.717) is 0 Å². The number of hydrogen-bond donors (Lipinski definition) is 0. The molecule has 2 aromatic heterocycles. The Balaban J connectivity index is 1.59. The lowest BCUT2D eigenvalue weighted by Gasteiger charge is -2.52. The Morgan fingerprint density at radius 3 is 2.22 bits per heavy atom. The van der Waals surface area contributed by atoms with E-state index in [0.717, 1.165) is 12.8 Å². The number of fused-ring (bicyclic) bond motifs is 8. The van der Waals surface area contributed by atoms with Gasteiger partial charge in [-0.3, -0.25) is 0 Å². The largest absolute Gasteiger partial charge is 0.264 e. The van der Waals surface area contributed by atoms with E-state index in [-0.39, 0.29) is 11.0 Å². The van der Waals surface area contributed by atoms with Crippen LogP contribution >= 0.6 is 0 Å². The van der Waals surface area contributed by atoms with Crippen molar-refractivity contribution in [3.8, 4) is 22.5 Å². The fourth-order valence-corrected chi connectivity index (χ4v) is 7.40. The second kappa shape index (κ2) is 7.98. The third kappa shape index (κ3) is 2.71. The number of aryl methyl sites for hydroxylation is 1. The molecule has 1 aliphatic heterocycles. The quantitative estimate of drug-likeness (QED) is 0.237. The van der Waals surface area contributed by atoms with E-state index in [1.165, 1.54) is 50.1 Å². The molecule has 7 rings (SSSR count). The van der Waals surface area contributed by atoms with Crippen LogP contribution < -0.4 is 9.13 Å². The van der Waals surface area contributed by atoms with Crippen LogP contribution in [0, 0.1) is 6.92 Å². The average molecular weight is 481 g/mol. The van der Waals surface area contributed by atoms with Crippen molar-refractivity contribution in [3.63, 3.8) is 0 Å². The van der Waals surface area contributed by atoms with Crippen molar-refractivity contribution >= 4 is 16.5 Å². The van der Waals surface area contributed by atoms with Crippen LogP contribution in [-0.2, 0) is 11.0 Å². The molecule has 0 amide bonds. The summed E-state index contributed by atoms with van der Waals surface area (Å²) in [6, 6.07) is 35.6. The molecule has 2 unspecified atom stereocenters. The number of benzene rings is 3. The molecular formula is C35H32N2+2. The van der Waals surface area contributed by atoms with E-state index in [1.807, 2.05) is 0 Å². The van der Waals surface area contributed by atoms with Gasteiger partial charge in [0.1, 0.15) is 0 Å². The SMILES string of the molecule is CCC12C=C([n+]3ccccc3-c3ccccc3C)C1(CC)[n+]1ccc3ccccc3c1-c1ccccc12. The molecule has 2 nitrogen and oxygen atoms in total. The van der Waals surface area contributed by atoms with Crippen molar-refractivity contribution in [2.75, 3.05) is 0 Å². The summed E-state index contributed by atoms with van der Waals surface area (Å²) in [6.07, 6.45) is 9.24. The first kappa shape index (κ1) is 22.2. The summed E-state index contributed by atoms with van der Waals surface area (Å²) in [5.74, 6) is 0. The third-order valence-corrected chi connectivity index (χ3v) is 9.09. The molecule has 0 radical (unpaired) electrons. The first-order chi connectivity index (χ1) is 18.2. The summed E-state index contributed by atoms with van der Waals surface area (Å²) in [6.45, 7) is 6.94. The third-order valence-electron chi connectivity index (χ3n) is 9.09. The first-order valence-electron chi connectivity index (χ1n) is 13.5. The van der Waals surface area contributed by atoms with Gasteiger partial charge in [0, 0.05) is 36.3 Å². The number of rotatable bonds is 4. The minimum absolute atomic E-state index is 0.0698. The molecule has 2 heteroatoms. The molecule has 0 saturated carbocycles. The predicted molar refractivity (Wildman–Crippen MR) is 151 cm³/mol. The second-order valence-electron chi connectivity index (χ2n) is 10.5. The predicted octanol–water partition coefficient (Wildman–Crippen LogP) is 7.38. The molecule has 5 aromatic rings. The van der Waals surface area contributed by atoms with Crippen molar-refractivity contribution in [2.24, 2.45) is 0 Å². The van der Waals surface area contributed by atoms with E-state index in [9.17, 15) is 0 Å². The Morgan fingerprint density at radius 2 is 1.41 bits per heavy atom. The molecule has 180 valence electrons. The maximum absolute atomic E-state index is 2.62. The number of hydrogen-bond acceptors (Lipinski definition) is 0. The summed E-state index contributed by atoms with van der Waals surface area (Å²) >= 11 is 0. The fourth-order valence-electron chi connectivity index (χ4n) is 7.40. The molecular weight excluding hydrogens is 448 g/mol. The summed E-state index contributed by atoms with van der Waals surface area (Å²) in [4.78, 5) is 0. The number of nitrogens with zero attached hydrogens (tertiary/aromatic N) is 2. The van der Waals surface area contributed by atoms with Gasteiger partial charge in [0.15, 0.2) is 12.4 Å². The minimum Gasteiger partial charge on any atom is -0.181 e. The van der Waals surface area contributed by atoms with E-state index in [1.54, 1.807) is 0 Å². The van der Waals surface area contributed by atoms with Gasteiger partial charge < -0.3 is 0 Å². The Bertz CT molecular complexity index is 1730. The summed E-state index contributed by atoms with van der Waals surface area (Å²) in [5.41, 5.74) is 9.06. The lowest BCUT2D eigenvalue weighted by molar-refractivity contribution is -0.778. The van der Waals surface area contributed by atoms with Crippen LogP contribution in [0.25, 0.3) is 39.0 Å². The van der Waals surface area contributed by atoms with Gasteiger partial charge in [-0.2, -0.15) is 9.13 Å². The van der Waals surface area contributed by atoms with Crippen LogP contribution in [0.15, 0.2) is 116 Å². The van der Waals surface area contributed by atoms with Crippen molar-refractivity contribution in [1.29, 1.82) is 0 Å². The normalized spacial score (nSPS) is 21.4. The molecule has 1 aliphatic carbocycles. The van der Waals surface area contributed by atoms with Gasteiger partial charge >= 0.3 is 0 Å². The highest BCUT2D eigenvalue weighted by Crippen LogP contribution is 2.61. The van der Waals surface area contributed by atoms with Crippen molar-refractivity contribution < 1.29 is 9.13 Å². The molecule has 3 aromatic carbocycles. The van der Waals surface area contributed by atoms with E-state index in [4.69, 9.17) is 0 Å². The van der Waals surface area contributed by atoms with Crippen LogP contribution in [0.1, 0.15) is 37.8 Å². The topological polar surface area (TPSA) is 7.76 Å². The lowest BCUT2D eigenvalue weighted by Crippen LogP contribution is -2.77. The van der Waals surface area contributed by atoms with E-state index >= 15 is 0 Å². The van der Waals surface area contributed by atoms with Gasteiger partial charge in [0.05, 0.1) is 16.4 Å². The highest BCUT2D eigenvalue weighted by molar-refractivity contribution is 5.95. The number of pyridine rings is 2. The smallest absolute Gasteiger partial charge is 0.181 e. The average Bonchev–Trinajstić information content (AvgIpc) is 2.94. The zero-order chi connectivity index (χ0) is 25.2.